The highest BCUT2D eigenvalue weighted by Crippen LogP contribution is 2.39. The van der Waals surface area contributed by atoms with Crippen LogP contribution in [0.25, 0.3) is 0 Å². The van der Waals surface area contributed by atoms with E-state index < -0.39 is 59.5 Å². The number of methoxy groups -OCH3 is 1. The Labute approximate surface area is 304 Å². The predicted molar refractivity (Wildman–Crippen MR) is 193 cm³/mol. The van der Waals surface area contributed by atoms with Gasteiger partial charge in [-0.2, -0.15) is 0 Å². The summed E-state index contributed by atoms with van der Waals surface area (Å²) in [4.78, 5) is 45.8. The van der Waals surface area contributed by atoms with Gasteiger partial charge in [-0.15, -0.1) is 0 Å². The Bertz CT molecular complexity index is 1310. The second-order valence-corrected chi connectivity index (χ2v) is 16.2. The third kappa shape index (κ3) is 9.76. The van der Waals surface area contributed by atoms with Crippen LogP contribution >= 0.6 is 0 Å². The van der Waals surface area contributed by atoms with Gasteiger partial charge in [0.25, 0.3) is 0 Å². The Balaban J connectivity index is 1.71. The summed E-state index contributed by atoms with van der Waals surface area (Å²) in [6, 6.07) is 8.08. The van der Waals surface area contributed by atoms with E-state index in [1.165, 1.54) is 0 Å². The predicted octanol–water partition coefficient (Wildman–Crippen LogP) is 3.54. The fraction of sp³-hybridized carbons (Fsp3) is 0.769. The number of rotatable bonds is 8. The van der Waals surface area contributed by atoms with Gasteiger partial charge in [0.05, 0.1) is 41.6 Å². The van der Waals surface area contributed by atoms with Crippen molar-refractivity contribution in [2.75, 3.05) is 54.5 Å². The van der Waals surface area contributed by atoms with Crippen LogP contribution in [0, 0.1) is 23.2 Å². The maximum absolute atomic E-state index is 14.5. The van der Waals surface area contributed by atoms with Gasteiger partial charge in [0.2, 0.25) is 0 Å². The molecule has 1 aromatic rings. The van der Waals surface area contributed by atoms with E-state index in [1.54, 1.807) is 52.1 Å². The quantitative estimate of drug-likeness (QED) is 0.301. The summed E-state index contributed by atoms with van der Waals surface area (Å²) in [6.45, 7) is 13.1. The highest BCUT2D eigenvalue weighted by atomic mass is 16.7. The van der Waals surface area contributed by atoms with E-state index in [2.05, 4.69) is 17.1 Å². The first kappa shape index (κ1) is 41.3. The number of carbonyl (C=O) groups excluding carboxylic acids is 3. The molecule has 3 aliphatic rings. The van der Waals surface area contributed by atoms with Crippen molar-refractivity contribution in [3.63, 3.8) is 0 Å². The van der Waals surface area contributed by atoms with Crippen LogP contribution in [0.2, 0.25) is 0 Å². The van der Waals surface area contributed by atoms with Crippen molar-refractivity contribution >= 4 is 17.7 Å². The monoisotopic (exact) mass is 717 g/mol. The van der Waals surface area contributed by atoms with Crippen molar-refractivity contribution in [3.8, 4) is 0 Å². The minimum Gasteiger partial charge on any atom is -0.463 e. The van der Waals surface area contributed by atoms with Crippen LogP contribution in [0.3, 0.4) is 0 Å². The first-order valence-electron chi connectivity index (χ1n) is 18.6. The van der Waals surface area contributed by atoms with E-state index in [9.17, 15) is 19.5 Å². The van der Waals surface area contributed by atoms with Crippen LogP contribution in [-0.2, 0) is 33.3 Å². The summed E-state index contributed by atoms with van der Waals surface area (Å²) in [7, 11) is 7.40. The number of hydrogen-bond donors (Lipinski definition) is 2. The zero-order valence-corrected chi connectivity index (χ0v) is 32.4. The van der Waals surface area contributed by atoms with Gasteiger partial charge in [-0.1, -0.05) is 32.0 Å². The first-order chi connectivity index (χ1) is 24.0. The molecule has 0 aromatic heterocycles. The lowest BCUT2D eigenvalue weighted by molar-refractivity contribution is -0.295. The van der Waals surface area contributed by atoms with Gasteiger partial charge >= 0.3 is 11.9 Å². The molecule has 0 saturated carbocycles. The Morgan fingerprint density at radius 3 is 2.33 bits per heavy atom. The normalized spacial score (nSPS) is 35.6. The largest absolute Gasteiger partial charge is 0.463 e. The SMILES string of the molecule is CO[C@]1(C)C[C@@H](C)CN(C)[C@@H]([C@H](O)C2CCNCC2)COC(=O)C(C)(C)C(=O)[C@H](C)[C@H]1O[C@@H]1O[C@H](C)C[C@H](N(C)C)[C@H]1OC(=O)c1ccccc1. The van der Waals surface area contributed by atoms with Crippen molar-refractivity contribution in [1.82, 2.24) is 15.1 Å². The highest BCUT2D eigenvalue weighted by Gasteiger charge is 2.52. The number of ether oxygens (including phenoxy) is 5. The number of likely N-dealkylation sites (N-methyl/N-ethyl adjacent to an activating group) is 2. The molecule has 1 aromatic carbocycles. The zero-order chi connectivity index (χ0) is 37.7. The standard InChI is InChI=1S/C39H63N3O9/c1-24-21-39(6,47-10)34(51-36-32(29(41(7)8)20-25(2)49-36)50-35(45)28-14-12-11-13-15-28)26(3)33(44)38(4,5)37(46)48-23-30(42(9)22-24)31(43)27-16-18-40-19-17-27/h11-15,24-27,29-32,34,36,40,43H,16-23H2,1-10H3/t24-,25-,26+,29+,30-,31-,32-,34-,36+,39-/m1/s1. The van der Waals surface area contributed by atoms with Crippen molar-refractivity contribution in [2.24, 2.45) is 23.2 Å². The second kappa shape index (κ2) is 17.6. The number of benzene rings is 1. The van der Waals surface area contributed by atoms with Gasteiger partial charge in [0.1, 0.15) is 12.0 Å². The number of carbonyl (C=O) groups is 3. The highest BCUT2D eigenvalue weighted by molar-refractivity contribution is 6.04. The number of piperidine rings is 1. The van der Waals surface area contributed by atoms with Crippen LogP contribution in [0.15, 0.2) is 30.3 Å². The number of Topliss-reactive ketones (excluding diaryl/α,β-unsaturated/α-hetero) is 1. The number of hydrogen-bond acceptors (Lipinski definition) is 12. The number of esters is 2. The summed E-state index contributed by atoms with van der Waals surface area (Å²) >= 11 is 0. The molecule has 288 valence electrons. The Morgan fingerprint density at radius 1 is 1.08 bits per heavy atom. The zero-order valence-electron chi connectivity index (χ0n) is 32.4. The van der Waals surface area contributed by atoms with E-state index in [0.29, 0.717) is 24.9 Å². The smallest absolute Gasteiger partial charge is 0.338 e. The summed E-state index contributed by atoms with van der Waals surface area (Å²) in [5.41, 5.74) is -2.18. The molecular weight excluding hydrogens is 654 g/mol. The van der Waals surface area contributed by atoms with Crippen molar-refractivity contribution in [3.05, 3.63) is 35.9 Å². The van der Waals surface area contributed by atoms with E-state index in [1.807, 2.05) is 46.0 Å². The van der Waals surface area contributed by atoms with E-state index >= 15 is 0 Å². The average Bonchev–Trinajstić information content (AvgIpc) is 3.10. The Kier molecular flexibility index (Phi) is 14.2. The molecule has 0 unspecified atom stereocenters. The third-order valence-corrected chi connectivity index (χ3v) is 11.4. The Hall–Kier alpha value is -2.45. The van der Waals surface area contributed by atoms with Crippen LogP contribution in [0.1, 0.15) is 77.6 Å². The fourth-order valence-corrected chi connectivity index (χ4v) is 8.30. The lowest BCUT2D eigenvalue weighted by atomic mass is 9.74. The maximum Gasteiger partial charge on any atom is 0.338 e. The van der Waals surface area contributed by atoms with E-state index in [4.69, 9.17) is 23.7 Å². The number of aliphatic hydroxyl groups excluding tert-OH is 1. The molecule has 10 atom stereocenters. The van der Waals surface area contributed by atoms with Gasteiger partial charge in [0.15, 0.2) is 18.2 Å². The molecule has 0 aliphatic carbocycles. The fourth-order valence-electron chi connectivity index (χ4n) is 8.30. The van der Waals surface area contributed by atoms with Crippen molar-refractivity contribution < 1.29 is 43.2 Å². The van der Waals surface area contributed by atoms with Gasteiger partial charge in [0, 0.05) is 19.6 Å². The lowest BCUT2D eigenvalue weighted by Crippen LogP contribution is -2.60. The molecule has 51 heavy (non-hydrogen) atoms. The number of cyclic esters (lactones) is 1. The molecule has 0 bridgehead atoms. The molecule has 0 amide bonds. The molecule has 0 radical (unpaired) electrons. The lowest BCUT2D eigenvalue weighted by Gasteiger charge is -2.48. The molecule has 0 spiro atoms. The molecule has 4 rings (SSSR count). The summed E-state index contributed by atoms with van der Waals surface area (Å²) < 4.78 is 31.7. The topological polar surface area (TPSA) is 136 Å². The van der Waals surface area contributed by atoms with Gasteiger partial charge in [-0.3, -0.25) is 14.5 Å². The van der Waals surface area contributed by atoms with Crippen molar-refractivity contribution in [2.45, 2.75) is 116 Å². The number of nitrogens with one attached hydrogen (secondary N) is 1. The summed E-state index contributed by atoms with van der Waals surface area (Å²) in [5, 5.41) is 15.0. The van der Waals surface area contributed by atoms with E-state index in [0.717, 1.165) is 25.9 Å². The van der Waals surface area contributed by atoms with Crippen molar-refractivity contribution in [1.29, 1.82) is 0 Å². The minimum atomic E-state index is -1.54. The molecular formula is C39H63N3O9. The summed E-state index contributed by atoms with van der Waals surface area (Å²) in [6.07, 6.45) is -1.02. The van der Waals surface area contributed by atoms with Crippen LogP contribution < -0.4 is 5.32 Å². The van der Waals surface area contributed by atoms with Gasteiger partial charge < -0.3 is 39.0 Å². The number of aliphatic hydroxyl groups is 1. The second-order valence-electron chi connectivity index (χ2n) is 16.2. The molecule has 3 fully saturated rings. The van der Waals surface area contributed by atoms with Crippen LogP contribution in [0.5, 0.6) is 0 Å². The van der Waals surface area contributed by atoms with E-state index in [-0.39, 0.29) is 36.4 Å². The average molecular weight is 718 g/mol. The number of ketones is 1. The maximum atomic E-state index is 14.5. The summed E-state index contributed by atoms with van der Waals surface area (Å²) in [5.74, 6) is -2.33. The molecule has 3 heterocycles. The Morgan fingerprint density at radius 2 is 1.73 bits per heavy atom. The van der Waals surface area contributed by atoms with Crippen LogP contribution in [-0.4, -0.2) is 136 Å². The number of nitrogens with zero attached hydrogens (tertiary/aromatic N) is 2. The molecule has 3 aliphatic heterocycles. The molecule has 2 N–H and O–H groups in total. The third-order valence-electron chi connectivity index (χ3n) is 11.4. The van der Waals surface area contributed by atoms with Crippen LogP contribution in [0.4, 0.5) is 0 Å². The molecule has 12 heteroatoms. The van der Waals surface area contributed by atoms with Gasteiger partial charge in [-0.25, -0.2) is 4.79 Å². The minimum absolute atomic E-state index is 0.00738. The first-order valence-corrected chi connectivity index (χ1v) is 18.6. The molecule has 12 nitrogen and oxygen atoms in total. The molecule has 3 saturated heterocycles. The van der Waals surface area contributed by atoms with Gasteiger partial charge in [-0.05, 0) is 112 Å².